The maximum absolute atomic E-state index is 11.9. The first-order chi connectivity index (χ1) is 9.19. The Morgan fingerprint density at radius 1 is 1.37 bits per heavy atom. The van der Waals surface area contributed by atoms with Crippen LogP contribution >= 0.6 is 11.8 Å². The number of carbonyl (C=O) groups excluding carboxylic acids is 1. The first-order valence-electron chi connectivity index (χ1n) is 7.42. The minimum atomic E-state index is 0.216. The summed E-state index contributed by atoms with van der Waals surface area (Å²) in [7, 11) is 0. The van der Waals surface area contributed by atoms with Crippen LogP contribution in [0.15, 0.2) is 4.99 Å². The van der Waals surface area contributed by atoms with Crippen LogP contribution in [0, 0.1) is 0 Å². The van der Waals surface area contributed by atoms with Gasteiger partial charge in [0.05, 0.1) is 6.54 Å². The SMILES string of the molecule is CCN(CC)C(=O)CCN=C1NC2(CCCC2)CS1. The average Bonchev–Trinajstić information content (AvgIpc) is 3.02. The first kappa shape index (κ1) is 14.7. The maximum Gasteiger partial charge on any atom is 0.224 e. The molecule has 2 rings (SSSR count). The summed E-state index contributed by atoms with van der Waals surface area (Å²) in [6.45, 7) is 6.24. The van der Waals surface area contributed by atoms with Crippen molar-refractivity contribution in [1.29, 1.82) is 0 Å². The van der Waals surface area contributed by atoms with Gasteiger partial charge in [-0.1, -0.05) is 24.6 Å². The highest BCUT2D eigenvalue weighted by Crippen LogP contribution is 2.37. The predicted octanol–water partition coefficient (Wildman–Crippen LogP) is 2.25. The molecule has 2 aliphatic rings. The van der Waals surface area contributed by atoms with Crippen molar-refractivity contribution in [1.82, 2.24) is 10.2 Å². The van der Waals surface area contributed by atoms with E-state index in [1.807, 2.05) is 30.5 Å². The Kier molecular flexibility index (Phi) is 5.13. The third kappa shape index (κ3) is 3.65. The number of amides is 1. The first-order valence-corrected chi connectivity index (χ1v) is 8.41. The molecule has 108 valence electrons. The monoisotopic (exact) mass is 283 g/mol. The lowest BCUT2D eigenvalue weighted by Crippen LogP contribution is -2.40. The number of nitrogens with zero attached hydrogens (tertiary/aromatic N) is 2. The third-order valence-corrected chi connectivity index (χ3v) is 5.32. The lowest BCUT2D eigenvalue weighted by Gasteiger charge is -2.21. The molecule has 2 fully saturated rings. The summed E-state index contributed by atoms with van der Waals surface area (Å²) in [5.74, 6) is 1.36. The number of nitrogens with one attached hydrogen (secondary N) is 1. The molecule has 0 aromatic rings. The molecule has 0 unspecified atom stereocenters. The molecule has 1 aliphatic carbocycles. The summed E-state index contributed by atoms with van der Waals surface area (Å²) in [4.78, 5) is 18.3. The smallest absolute Gasteiger partial charge is 0.224 e. The fourth-order valence-corrected chi connectivity index (χ4v) is 4.14. The normalized spacial score (nSPS) is 22.9. The van der Waals surface area contributed by atoms with Crippen LogP contribution in [0.1, 0.15) is 46.0 Å². The van der Waals surface area contributed by atoms with Gasteiger partial charge in [-0.2, -0.15) is 0 Å². The average molecular weight is 283 g/mol. The Hall–Kier alpha value is -0.710. The van der Waals surface area contributed by atoms with Gasteiger partial charge in [-0.25, -0.2) is 0 Å². The van der Waals surface area contributed by atoms with Crippen LogP contribution in [0.4, 0.5) is 0 Å². The highest BCUT2D eigenvalue weighted by atomic mass is 32.2. The van der Waals surface area contributed by atoms with Gasteiger partial charge in [0.2, 0.25) is 5.91 Å². The van der Waals surface area contributed by atoms with Crippen LogP contribution < -0.4 is 5.32 Å². The van der Waals surface area contributed by atoms with E-state index in [2.05, 4.69) is 10.3 Å². The number of hydrogen-bond donors (Lipinski definition) is 1. The Bertz CT molecular complexity index is 347. The van der Waals surface area contributed by atoms with E-state index in [0.29, 0.717) is 18.5 Å². The van der Waals surface area contributed by atoms with Gasteiger partial charge in [0.15, 0.2) is 5.17 Å². The molecule has 1 N–H and O–H groups in total. The lowest BCUT2D eigenvalue weighted by molar-refractivity contribution is -0.130. The minimum absolute atomic E-state index is 0.216. The highest BCUT2D eigenvalue weighted by molar-refractivity contribution is 8.14. The van der Waals surface area contributed by atoms with Gasteiger partial charge < -0.3 is 10.2 Å². The second-order valence-corrected chi connectivity index (χ2v) is 6.37. The Morgan fingerprint density at radius 3 is 2.68 bits per heavy atom. The third-order valence-electron chi connectivity index (χ3n) is 4.12. The molecule has 0 aromatic heterocycles. The van der Waals surface area contributed by atoms with E-state index in [1.54, 1.807) is 0 Å². The lowest BCUT2D eigenvalue weighted by atomic mass is 10.0. The molecule has 1 heterocycles. The van der Waals surface area contributed by atoms with Crippen molar-refractivity contribution in [3.8, 4) is 0 Å². The summed E-state index contributed by atoms with van der Waals surface area (Å²) in [5, 5.41) is 4.64. The fraction of sp³-hybridized carbons (Fsp3) is 0.857. The van der Waals surface area contributed by atoms with E-state index in [0.717, 1.165) is 24.0 Å². The number of hydrogen-bond acceptors (Lipinski definition) is 3. The molecule has 5 heteroatoms. The predicted molar refractivity (Wildman–Crippen MR) is 81.6 cm³/mol. The molecular weight excluding hydrogens is 258 g/mol. The van der Waals surface area contributed by atoms with Crippen molar-refractivity contribution < 1.29 is 4.79 Å². The van der Waals surface area contributed by atoms with Crippen molar-refractivity contribution >= 4 is 22.8 Å². The fourth-order valence-electron chi connectivity index (χ4n) is 2.90. The molecule has 0 bridgehead atoms. The van der Waals surface area contributed by atoms with Crippen molar-refractivity contribution in [3.63, 3.8) is 0 Å². The molecule has 4 nitrogen and oxygen atoms in total. The minimum Gasteiger partial charge on any atom is -0.359 e. The number of aliphatic imine (C=N–C) groups is 1. The summed E-state index contributed by atoms with van der Waals surface area (Å²) in [6, 6.07) is 0. The zero-order chi connectivity index (χ0) is 13.7. The van der Waals surface area contributed by atoms with Crippen LogP contribution in [0.3, 0.4) is 0 Å². The molecule has 1 amide bonds. The standard InChI is InChI=1S/C14H25N3OS/c1-3-17(4-2)12(18)7-10-15-13-16-14(11-19-13)8-5-6-9-14/h3-11H2,1-2H3,(H,15,16). The highest BCUT2D eigenvalue weighted by Gasteiger charge is 2.39. The van der Waals surface area contributed by atoms with Crippen LogP contribution in [-0.4, -0.2) is 46.9 Å². The number of thioether (sulfide) groups is 1. The van der Waals surface area contributed by atoms with Crippen molar-refractivity contribution in [2.24, 2.45) is 4.99 Å². The van der Waals surface area contributed by atoms with Gasteiger partial charge in [0.1, 0.15) is 0 Å². The molecule has 0 atom stereocenters. The number of rotatable bonds is 5. The zero-order valence-electron chi connectivity index (χ0n) is 12.1. The van der Waals surface area contributed by atoms with E-state index in [1.165, 1.54) is 25.7 Å². The van der Waals surface area contributed by atoms with Crippen molar-refractivity contribution in [3.05, 3.63) is 0 Å². The quantitative estimate of drug-likeness (QED) is 0.841. The Labute approximate surface area is 120 Å². The van der Waals surface area contributed by atoms with Crippen LogP contribution in [0.25, 0.3) is 0 Å². The summed E-state index contributed by atoms with van der Waals surface area (Å²) in [6.07, 6.45) is 5.75. The molecular formula is C14H25N3OS. The van der Waals surface area contributed by atoms with Crippen molar-refractivity contribution in [2.75, 3.05) is 25.4 Å². The van der Waals surface area contributed by atoms with Gasteiger partial charge >= 0.3 is 0 Å². The number of carbonyl (C=O) groups is 1. The van der Waals surface area contributed by atoms with Crippen LogP contribution in [0.2, 0.25) is 0 Å². The van der Waals surface area contributed by atoms with E-state index >= 15 is 0 Å². The molecule has 1 aliphatic heterocycles. The molecule has 0 aromatic carbocycles. The zero-order valence-corrected chi connectivity index (χ0v) is 12.9. The van der Waals surface area contributed by atoms with E-state index in [-0.39, 0.29) is 5.91 Å². The van der Waals surface area contributed by atoms with Gasteiger partial charge in [-0.05, 0) is 26.7 Å². The second-order valence-electron chi connectivity index (χ2n) is 5.40. The molecule has 1 spiro atoms. The molecule has 1 saturated carbocycles. The molecule has 19 heavy (non-hydrogen) atoms. The summed E-state index contributed by atoms with van der Waals surface area (Å²) < 4.78 is 0. The maximum atomic E-state index is 11.9. The Morgan fingerprint density at radius 2 is 2.05 bits per heavy atom. The van der Waals surface area contributed by atoms with Gasteiger partial charge in [-0.3, -0.25) is 9.79 Å². The summed E-state index contributed by atoms with van der Waals surface area (Å²) in [5.41, 5.74) is 0.326. The number of amidine groups is 1. The Balaban J connectivity index is 1.76. The van der Waals surface area contributed by atoms with Crippen LogP contribution in [-0.2, 0) is 4.79 Å². The molecule has 0 radical (unpaired) electrons. The second kappa shape index (κ2) is 6.64. The summed E-state index contributed by atoms with van der Waals surface area (Å²) >= 11 is 1.82. The van der Waals surface area contributed by atoms with Crippen LogP contribution in [0.5, 0.6) is 0 Å². The topological polar surface area (TPSA) is 44.7 Å². The van der Waals surface area contributed by atoms with E-state index < -0.39 is 0 Å². The van der Waals surface area contributed by atoms with E-state index in [9.17, 15) is 4.79 Å². The van der Waals surface area contributed by atoms with Gasteiger partial charge in [0.25, 0.3) is 0 Å². The van der Waals surface area contributed by atoms with Crippen molar-refractivity contribution in [2.45, 2.75) is 51.5 Å². The van der Waals surface area contributed by atoms with Gasteiger partial charge in [0, 0.05) is 30.8 Å². The van der Waals surface area contributed by atoms with E-state index in [4.69, 9.17) is 0 Å². The van der Waals surface area contributed by atoms with Gasteiger partial charge in [-0.15, -0.1) is 0 Å². The largest absolute Gasteiger partial charge is 0.359 e. The molecule has 1 saturated heterocycles.